The van der Waals surface area contributed by atoms with Gasteiger partial charge in [0.15, 0.2) is 0 Å². The molecule has 28 heavy (non-hydrogen) atoms. The summed E-state index contributed by atoms with van der Waals surface area (Å²) in [5.41, 5.74) is 0. The minimum absolute atomic E-state index is 0.188. The summed E-state index contributed by atoms with van der Waals surface area (Å²) in [5.74, 6) is 0.277. The molecule has 1 rings (SSSR count). The van der Waals surface area contributed by atoms with Gasteiger partial charge in [0.25, 0.3) is 0 Å². The Labute approximate surface area is 173 Å². The van der Waals surface area contributed by atoms with Crippen molar-refractivity contribution >= 4 is 10.4 Å². The molecular formula is C23H40O4S. The largest absolute Gasteiger partial charge is 0.449 e. The normalized spacial score (nSPS) is 11.6. The molecule has 0 aromatic heterocycles. The van der Waals surface area contributed by atoms with E-state index >= 15 is 0 Å². The molecule has 0 radical (unpaired) electrons. The second-order valence-corrected chi connectivity index (χ2v) is 8.80. The lowest BCUT2D eigenvalue weighted by Crippen LogP contribution is -2.14. The molecule has 1 aromatic rings. The van der Waals surface area contributed by atoms with Crippen molar-refractivity contribution in [1.29, 1.82) is 0 Å². The number of hydrogen-bond donors (Lipinski definition) is 0. The van der Waals surface area contributed by atoms with Crippen molar-refractivity contribution in [2.45, 2.75) is 103 Å². The topological polar surface area (TPSA) is 52.6 Å². The second-order valence-electron chi connectivity index (χ2n) is 7.58. The van der Waals surface area contributed by atoms with Gasteiger partial charge in [0.1, 0.15) is 5.75 Å². The van der Waals surface area contributed by atoms with Gasteiger partial charge in [0.05, 0.1) is 6.61 Å². The van der Waals surface area contributed by atoms with Gasteiger partial charge in [0.2, 0.25) is 0 Å². The molecule has 0 unspecified atom stereocenters. The molecule has 0 amide bonds. The quantitative estimate of drug-likeness (QED) is 0.225. The van der Waals surface area contributed by atoms with E-state index in [2.05, 4.69) is 6.92 Å². The maximum atomic E-state index is 11.7. The van der Waals surface area contributed by atoms with Crippen LogP contribution in [0.15, 0.2) is 30.3 Å². The Morgan fingerprint density at radius 2 is 1.07 bits per heavy atom. The molecule has 4 nitrogen and oxygen atoms in total. The number of unbranched alkanes of at least 4 members (excludes halogenated alkanes) is 14. The van der Waals surface area contributed by atoms with Crippen LogP contribution in [0, 0.1) is 0 Å². The summed E-state index contributed by atoms with van der Waals surface area (Å²) in [4.78, 5) is 0. The van der Waals surface area contributed by atoms with Crippen molar-refractivity contribution in [3.63, 3.8) is 0 Å². The Bertz CT molecular complexity index is 557. The fourth-order valence-electron chi connectivity index (χ4n) is 3.25. The zero-order valence-corrected chi connectivity index (χ0v) is 18.6. The highest BCUT2D eigenvalue weighted by molar-refractivity contribution is 7.82. The van der Waals surface area contributed by atoms with Gasteiger partial charge in [-0.3, -0.25) is 0 Å². The average molecular weight is 413 g/mol. The maximum absolute atomic E-state index is 11.7. The summed E-state index contributed by atoms with van der Waals surface area (Å²) in [6, 6.07) is 8.43. The van der Waals surface area contributed by atoms with Gasteiger partial charge in [-0.2, -0.15) is 8.42 Å². The molecule has 0 bridgehead atoms. The Morgan fingerprint density at radius 1 is 0.643 bits per heavy atom. The standard InChI is InChI=1S/C23H40O4S/c1-2-3-4-5-6-7-8-9-10-11-12-13-14-15-19-22-26-28(24,25)27-23-20-17-16-18-21-23/h16-18,20-21H,2-15,19,22H2,1H3. The summed E-state index contributed by atoms with van der Waals surface area (Å²) in [6.45, 7) is 2.45. The molecule has 0 heterocycles. The summed E-state index contributed by atoms with van der Waals surface area (Å²) >= 11 is 0. The lowest BCUT2D eigenvalue weighted by atomic mass is 10.0. The van der Waals surface area contributed by atoms with Crippen LogP contribution in [-0.2, 0) is 14.6 Å². The third-order valence-electron chi connectivity index (χ3n) is 4.92. The molecule has 0 atom stereocenters. The third-order valence-corrected chi connectivity index (χ3v) is 5.77. The molecule has 0 fully saturated rings. The van der Waals surface area contributed by atoms with Gasteiger partial charge in [-0.15, -0.1) is 0 Å². The zero-order chi connectivity index (χ0) is 20.3. The molecule has 162 valence electrons. The highest BCUT2D eigenvalue weighted by atomic mass is 32.3. The summed E-state index contributed by atoms with van der Waals surface area (Å²) < 4.78 is 33.2. The van der Waals surface area contributed by atoms with Crippen molar-refractivity contribution in [3.05, 3.63) is 30.3 Å². The third kappa shape index (κ3) is 14.9. The first-order valence-corrected chi connectivity index (χ1v) is 12.6. The molecule has 0 aliphatic rings. The van der Waals surface area contributed by atoms with E-state index in [0.29, 0.717) is 0 Å². The Balaban J connectivity index is 1.84. The number of rotatable bonds is 19. The first-order valence-electron chi connectivity index (χ1n) is 11.3. The average Bonchev–Trinajstić information content (AvgIpc) is 2.68. The van der Waals surface area contributed by atoms with E-state index in [1.165, 1.54) is 77.0 Å². The predicted molar refractivity (Wildman–Crippen MR) is 117 cm³/mol. The van der Waals surface area contributed by atoms with Gasteiger partial charge in [-0.05, 0) is 18.6 Å². The number of benzene rings is 1. The van der Waals surface area contributed by atoms with Crippen LogP contribution in [0.25, 0.3) is 0 Å². The van der Waals surface area contributed by atoms with Crippen LogP contribution in [-0.4, -0.2) is 15.0 Å². The lowest BCUT2D eigenvalue weighted by Gasteiger charge is -2.07. The molecule has 5 heteroatoms. The van der Waals surface area contributed by atoms with E-state index in [4.69, 9.17) is 8.37 Å². The van der Waals surface area contributed by atoms with Crippen LogP contribution in [0.1, 0.15) is 103 Å². The van der Waals surface area contributed by atoms with Crippen LogP contribution in [0.2, 0.25) is 0 Å². The van der Waals surface area contributed by atoms with E-state index < -0.39 is 10.4 Å². The molecule has 0 saturated carbocycles. The van der Waals surface area contributed by atoms with Crippen LogP contribution < -0.4 is 4.18 Å². The molecule has 0 saturated heterocycles. The van der Waals surface area contributed by atoms with Crippen molar-refractivity contribution in [2.24, 2.45) is 0 Å². The molecule has 1 aromatic carbocycles. The molecule has 0 N–H and O–H groups in total. The second kappa shape index (κ2) is 16.8. The SMILES string of the molecule is CCCCCCCCCCCCCCCCCOS(=O)(=O)Oc1ccccc1. The lowest BCUT2D eigenvalue weighted by molar-refractivity contribution is 0.265. The first kappa shape index (κ1) is 25.0. The maximum Gasteiger partial charge on any atom is 0.449 e. The van der Waals surface area contributed by atoms with Gasteiger partial charge in [-0.1, -0.05) is 115 Å². The summed E-state index contributed by atoms with van der Waals surface area (Å²) in [7, 11) is -3.95. The minimum Gasteiger partial charge on any atom is -0.362 e. The van der Waals surface area contributed by atoms with Crippen molar-refractivity contribution in [3.8, 4) is 5.75 Å². The van der Waals surface area contributed by atoms with Crippen LogP contribution >= 0.6 is 0 Å². The highest BCUT2D eigenvalue weighted by Crippen LogP contribution is 2.15. The van der Waals surface area contributed by atoms with E-state index in [1.807, 2.05) is 0 Å². The molecule has 0 aliphatic heterocycles. The zero-order valence-electron chi connectivity index (χ0n) is 17.7. The van der Waals surface area contributed by atoms with Crippen LogP contribution in [0.4, 0.5) is 0 Å². The Kier molecular flexibility index (Phi) is 15.0. The van der Waals surface area contributed by atoms with E-state index in [-0.39, 0.29) is 12.4 Å². The fraction of sp³-hybridized carbons (Fsp3) is 0.739. The van der Waals surface area contributed by atoms with Gasteiger partial charge < -0.3 is 4.18 Å². The van der Waals surface area contributed by atoms with Gasteiger partial charge in [-0.25, -0.2) is 4.18 Å². The summed E-state index contributed by atoms with van der Waals surface area (Å²) in [5, 5.41) is 0. The smallest absolute Gasteiger partial charge is 0.362 e. The van der Waals surface area contributed by atoms with Gasteiger partial charge >= 0.3 is 10.4 Å². The monoisotopic (exact) mass is 412 g/mol. The fourth-order valence-corrected chi connectivity index (χ4v) is 3.97. The molecule has 0 aliphatic carbocycles. The minimum atomic E-state index is -3.95. The number of para-hydroxylation sites is 1. The van der Waals surface area contributed by atoms with Crippen molar-refractivity contribution in [1.82, 2.24) is 0 Å². The summed E-state index contributed by atoms with van der Waals surface area (Å²) in [6.07, 6.45) is 19.2. The van der Waals surface area contributed by atoms with E-state index in [9.17, 15) is 8.42 Å². The Morgan fingerprint density at radius 3 is 1.54 bits per heavy atom. The van der Waals surface area contributed by atoms with E-state index in [1.54, 1.807) is 30.3 Å². The van der Waals surface area contributed by atoms with Crippen molar-refractivity contribution < 1.29 is 16.8 Å². The Hall–Kier alpha value is -1.07. The van der Waals surface area contributed by atoms with Crippen LogP contribution in [0.3, 0.4) is 0 Å². The molecule has 0 spiro atoms. The molecular weight excluding hydrogens is 372 g/mol. The first-order chi connectivity index (χ1) is 13.6. The highest BCUT2D eigenvalue weighted by Gasteiger charge is 2.12. The number of hydrogen-bond acceptors (Lipinski definition) is 4. The van der Waals surface area contributed by atoms with Crippen molar-refractivity contribution in [2.75, 3.05) is 6.61 Å². The van der Waals surface area contributed by atoms with Crippen LogP contribution in [0.5, 0.6) is 5.75 Å². The predicted octanol–water partition coefficient (Wildman–Crippen LogP) is 7.20. The van der Waals surface area contributed by atoms with Gasteiger partial charge in [0, 0.05) is 0 Å². The van der Waals surface area contributed by atoms with E-state index in [0.717, 1.165) is 19.3 Å².